The van der Waals surface area contributed by atoms with E-state index in [0.717, 1.165) is 54.9 Å². The lowest BCUT2D eigenvalue weighted by atomic mass is 9.81. The molecule has 0 bridgehead atoms. The van der Waals surface area contributed by atoms with Crippen molar-refractivity contribution in [1.82, 2.24) is 15.2 Å². The summed E-state index contributed by atoms with van der Waals surface area (Å²) in [7, 11) is 1.68. The summed E-state index contributed by atoms with van der Waals surface area (Å²) in [6.45, 7) is 4.18. The van der Waals surface area contributed by atoms with E-state index in [1.807, 2.05) is 36.4 Å². The fraction of sp³-hybridized carbons (Fsp3) is 0.500. The fourth-order valence-corrected chi connectivity index (χ4v) is 4.96. The predicted molar refractivity (Wildman–Crippen MR) is 114 cm³/mol. The van der Waals surface area contributed by atoms with Crippen molar-refractivity contribution in [3.63, 3.8) is 0 Å². The summed E-state index contributed by atoms with van der Waals surface area (Å²) < 4.78 is 5.46. The van der Waals surface area contributed by atoms with Gasteiger partial charge in [-0.25, -0.2) is 0 Å². The highest BCUT2D eigenvalue weighted by Crippen LogP contribution is 2.33. The Hall–Kier alpha value is -2.40. The average molecular weight is 394 g/mol. The van der Waals surface area contributed by atoms with Gasteiger partial charge in [-0.3, -0.25) is 9.78 Å². The Balaban J connectivity index is 1.56. The number of benzene rings is 1. The van der Waals surface area contributed by atoms with Gasteiger partial charge in [0, 0.05) is 47.6 Å². The van der Waals surface area contributed by atoms with Crippen LogP contribution in [0.4, 0.5) is 0 Å². The number of nitrogens with one attached hydrogen (secondary N) is 1. The number of fused-ring (bicyclic) bond motifs is 1. The van der Waals surface area contributed by atoms with Crippen LogP contribution in [0.5, 0.6) is 5.75 Å². The van der Waals surface area contributed by atoms with Gasteiger partial charge in [-0.15, -0.1) is 0 Å². The second kappa shape index (κ2) is 8.54. The second-order valence-electron chi connectivity index (χ2n) is 8.48. The molecule has 29 heavy (non-hydrogen) atoms. The minimum Gasteiger partial charge on any atom is -0.496 e. The number of piperidine rings is 1. The van der Waals surface area contributed by atoms with Gasteiger partial charge in [0.05, 0.1) is 7.11 Å². The number of rotatable bonds is 4. The molecule has 2 aliphatic heterocycles. The highest BCUT2D eigenvalue weighted by Gasteiger charge is 2.43. The molecular weight excluding hydrogens is 362 g/mol. The van der Waals surface area contributed by atoms with Gasteiger partial charge in [0.2, 0.25) is 0 Å². The van der Waals surface area contributed by atoms with E-state index in [0.29, 0.717) is 6.42 Å². The largest absolute Gasteiger partial charge is 0.496 e. The van der Waals surface area contributed by atoms with E-state index in [-0.39, 0.29) is 17.5 Å². The van der Waals surface area contributed by atoms with Crippen LogP contribution in [-0.2, 0) is 6.42 Å². The number of hydrogen-bond donors (Lipinski definition) is 1. The number of amides is 1. The smallest absolute Gasteiger partial charge is 0.254 e. The molecule has 154 valence electrons. The summed E-state index contributed by atoms with van der Waals surface area (Å²) in [5.74, 6) is 0.982. The SMILES string of the molecule is COc1ccccc1Cc1cc(C(=O)N2CCC[C@]3(C)NCCCC[C@H]23)ccn1. The highest BCUT2D eigenvalue weighted by atomic mass is 16.5. The Kier molecular flexibility index (Phi) is 5.86. The third kappa shape index (κ3) is 4.15. The topological polar surface area (TPSA) is 54.5 Å². The predicted octanol–water partition coefficient (Wildman–Crippen LogP) is 3.82. The molecule has 2 saturated heterocycles. The first-order valence-corrected chi connectivity index (χ1v) is 10.7. The summed E-state index contributed by atoms with van der Waals surface area (Å²) in [5, 5.41) is 3.73. The maximum absolute atomic E-state index is 13.5. The standard InChI is InChI=1S/C24H31N3O2/c1-24-12-7-15-27(22(24)10-5-6-13-26-24)23(28)19-11-14-25-20(17-19)16-18-8-3-4-9-21(18)29-2/h3-4,8-9,11,14,17,22,26H,5-7,10,12-13,15-16H2,1-2H3/t22-,24-/m0/s1. The van der Waals surface area contributed by atoms with Crippen LogP contribution in [0.25, 0.3) is 0 Å². The van der Waals surface area contributed by atoms with E-state index < -0.39 is 0 Å². The molecule has 0 unspecified atom stereocenters. The van der Waals surface area contributed by atoms with Crippen molar-refractivity contribution in [2.24, 2.45) is 0 Å². The molecule has 0 spiro atoms. The first-order valence-electron chi connectivity index (χ1n) is 10.7. The first-order chi connectivity index (χ1) is 14.1. The number of methoxy groups -OCH3 is 1. The molecule has 2 aromatic rings. The molecule has 2 fully saturated rings. The molecular formula is C24H31N3O2. The van der Waals surface area contributed by atoms with Crippen LogP contribution in [-0.4, -0.2) is 47.6 Å². The van der Waals surface area contributed by atoms with Crippen LogP contribution in [0.2, 0.25) is 0 Å². The zero-order valence-electron chi connectivity index (χ0n) is 17.5. The molecule has 5 nitrogen and oxygen atoms in total. The second-order valence-corrected chi connectivity index (χ2v) is 8.48. The molecule has 1 N–H and O–H groups in total. The lowest BCUT2D eigenvalue weighted by molar-refractivity contribution is 0.0379. The zero-order valence-corrected chi connectivity index (χ0v) is 17.5. The zero-order chi connectivity index (χ0) is 20.3. The van der Waals surface area contributed by atoms with Crippen LogP contribution >= 0.6 is 0 Å². The summed E-state index contributed by atoms with van der Waals surface area (Å²) in [6, 6.07) is 12.0. The van der Waals surface area contributed by atoms with Crippen LogP contribution in [0.1, 0.15) is 60.6 Å². The molecule has 1 amide bonds. The van der Waals surface area contributed by atoms with Gasteiger partial charge < -0.3 is 15.0 Å². The lowest BCUT2D eigenvalue weighted by Gasteiger charge is -2.48. The van der Waals surface area contributed by atoms with Gasteiger partial charge >= 0.3 is 0 Å². The van der Waals surface area contributed by atoms with Crippen molar-refractivity contribution in [2.45, 2.75) is 57.0 Å². The first kappa shape index (κ1) is 19.9. The molecule has 0 radical (unpaired) electrons. The normalized spacial score (nSPS) is 24.5. The maximum Gasteiger partial charge on any atom is 0.254 e. The van der Waals surface area contributed by atoms with Gasteiger partial charge in [-0.2, -0.15) is 0 Å². The minimum absolute atomic E-state index is 0.0255. The molecule has 2 atom stereocenters. The minimum atomic E-state index is 0.0255. The summed E-state index contributed by atoms with van der Waals surface area (Å²) in [4.78, 5) is 20.1. The Morgan fingerprint density at radius 1 is 1.28 bits per heavy atom. The number of pyridine rings is 1. The molecule has 4 rings (SSSR count). The van der Waals surface area contributed by atoms with E-state index in [1.54, 1.807) is 13.3 Å². The van der Waals surface area contributed by atoms with Crippen LogP contribution in [0.3, 0.4) is 0 Å². The van der Waals surface area contributed by atoms with E-state index >= 15 is 0 Å². The number of carbonyl (C=O) groups excluding carboxylic acids is 1. The number of ether oxygens (including phenoxy) is 1. The maximum atomic E-state index is 13.5. The van der Waals surface area contributed by atoms with Crippen LogP contribution in [0, 0.1) is 0 Å². The molecule has 1 aromatic carbocycles. The lowest BCUT2D eigenvalue weighted by Crippen LogP contribution is -2.62. The van der Waals surface area contributed by atoms with Gasteiger partial charge in [-0.05, 0) is 57.4 Å². The summed E-state index contributed by atoms with van der Waals surface area (Å²) in [5.41, 5.74) is 2.72. The summed E-state index contributed by atoms with van der Waals surface area (Å²) in [6.07, 6.45) is 8.02. The molecule has 1 aromatic heterocycles. The van der Waals surface area contributed by atoms with Crippen molar-refractivity contribution in [3.05, 3.63) is 59.4 Å². The van der Waals surface area contributed by atoms with Crippen molar-refractivity contribution >= 4 is 5.91 Å². The van der Waals surface area contributed by atoms with E-state index in [2.05, 4.69) is 22.1 Å². The highest BCUT2D eigenvalue weighted by molar-refractivity contribution is 5.94. The van der Waals surface area contributed by atoms with Crippen LogP contribution < -0.4 is 10.1 Å². The van der Waals surface area contributed by atoms with Crippen molar-refractivity contribution < 1.29 is 9.53 Å². The van der Waals surface area contributed by atoms with Gasteiger partial charge in [0.25, 0.3) is 5.91 Å². The van der Waals surface area contributed by atoms with Crippen molar-refractivity contribution in [3.8, 4) is 5.75 Å². The quantitative estimate of drug-likeness (QED) is 0.858. The van der Waals surface area contributed by atoms with Gasteiger partial charge in [0.15, 0.2) is 0 Å². The monoisotopic (exact) mass is 393 g/mol. The fourth-order valence-electron chi connectivity index (χ4n) is 4.96. The molecule has 0 saturated carbocycles. The molecule has 3 heterocycles. The Morgan fingerprint density at radius 3 is 3.00 bits per heavy atom. The van der Waals surface area contributed by atoms with E-state index in [4.69, 9.17) is 4.74 Å². The van der Waals surface area contributed by atoms with Crippen molar-refractivity contribution in [1.29, 1.82) is 0 Å². The third-order valence-corrected chi connectivity index (χ3v) is 6.53. The molecule has 2 aliphatic rings. The number of hydrogen-bond acceptors (Lipinski definition) is 4. The average Bonchev–Trinajstić information content (AvgIpc) is 2.95. The molecule has 0 aliphatic carbocycles. The van der Waals surface area contributed by atoms with Gasteiger partial charge in [0.1, 0.15) is 5.75 Å². The van der Waals surface area contributed by atoms with Gasteiger partial charge in [-0.1, -0.05) is 24.6 Å². The molecule has 5 heteroatoms. The van der Waals surface area contributed by atoms with E-state index in [9.17, 15) is 4.79 Å². The number of para-hydroxylation sites is 1. The Labute approximate surface area is 173 Å². The number of aromatic nitrogens is 1. The Morgan fingerprint density at radius 2 is 2.14 bits per heavy atom. The van der Waals surface area contributed by atoms with Crippen LogP contribution in [0.15, 0.2) is 42.6 Å². The number of carbonyl (C=O) groups is 1. The third-order valence-electron chi connectivity index (χ3n) is 6.53. The van der Waals surface area contributed by atoms with Crippen molar-refractivity contribution in [2.75, 3.05) is 20.2 Å². The Bertz CT molecular complexity index is 869. The van der Waals surface area contributed by atoms with E-state index in [1.165, 1.54) is 12.8 Å². The number of likely N-dealkylation sites (tertiary alicyclic amines) is 1. The summed E-state index contributed by atoms with van der Waals surface area (Å²) >= 11 is 0. The number of nitrogens with zero attached hydrogens (tertiary/aromatic N) is 2.